The molecule has 0 fully saturated rings. The van der Waals surface area contributed by atoms with Crippen molar-refractivity contribution in [3.63, 3.8) is 0 Å². The van der Waals surface area contributed by atoms with Crippen LogP contribution in [-0.4, -0.2) is 5.91 Å². The summed E-state index contributed by atoms with van der Waals surface area (Å²) in [5.41, 5.74) is 1.05. The van der Waals surface area contributed by atoms with Gasteiger partial charge in [0.25, 0.3) is 0 Å². The molecule has 0 saturated heterocycles. The molecule has 2 aromatic rings. The fourth-order valence-electron chi connectivity index (χ4n) is 1.33. The predicted octanol–water partition coefficient (Wildman–Crippen LogP) is 1.89. The minimum Gasteiger partial charge on any atom is -0.348 e. The van der Waals surface area contributed by atoms with Crippen LogP contribution in [0.2, 0.25) is 0 Å². The molecular formula is C13H13N2OS+. The highest BCUT2D eigenvalue weighted by Crippen LogP contribution is 2.09. The fraction of sp³-hybridized carbons (Fsp3) is 0.0769. The monoisotopic (exact) mass is 245 g/mol. The smallest absolute Gasteiger partial charge is 0.244 e. The van der Waals surface area contributed by atoms with Gasteiger partial charge in [-0.25, -0.2) is 4.98 Å². The van der Waals surface area contributed by atoms with Crippen LogP contribution in [0.15, 0.2) is 48.1 Å². The number of thiophene rings is 1. The van der Waals surface area contributed by atoms with Crippen molar-refractivity contribution in [2.75, 3.05) is 0 Å². The van der Waals surface area contributed by atoms with Crippen molar-refractivity contribution in [2.45, 2.75) is 6.54 Å². The lowest BCUT2D eigenvalue weighted by Crippen LogP contribution is -2.21. The SMILES string of the molecule is O=C(C=Cc1cccs1)NCc1ccc[nH+]c1. The second-order valence-electron chi connectivity index (χ2n) is 3.48. The summed E-state index contributed by atoms with van der Waals surface area (Å²) in [6.45, 7) is 0.533. The van der Waals surface area contributed by atoms with Crippen molar-refractivity contribution in [3.05, 3.63) is 58.6 Å². The summed E-state index contributed by atoms with van der Waals surface area (Å²) in [6, 6.07) is 7.80. The van der Waals surface area contributed by atoms with Crippen molar-refractivity contribution in [1.29, 1.82) is 0 Å². The molecule has 17 heavy (non-hydrogen) atoms. The molecule has 0 unspecified atom stereocenters. The predicted molar refractivity (Wildman–Crippen MR) is 68.2 cm³/mol. The van der Waals surface area contributed by atoms with Gasteiger partial charge in [-0.3, -0.25) is 4.79 Å². The normalized spacial score (nSPS) is 10.6. The number of carbonyl (C=O) groups is 1. The first-order chi connectivity index (χ1) is 8.34. The zero-order valence-electron chi connectivity index (χ0n) is 9.22. The number of nitrogens with one attached hydrogen (secondary N) is 2. The first-order valence-corrected chi connectivity index (χ1v) is 6.17. The minimum absolute atomic E-state index is 0.0812. The number of amides is 1. The van der Waals surface area contributed by atoms with Crippen LogP contribution in [-0.2, 0) is 11.3 Å². The largest absolute Gasteiger partial charge is 0.348 e. The minimum atomic E-state index is -0.0812. The Bertz CT molecular complexity index is 491. The number of H-pyrrole nitrogens is 1. The number of pyridine rings is 1. The summed E-state index contributed by atoms with van der Waals surface area (Å²) in [6.07, 6.45) is 7.07. The number of aromatic amines is 1. The second-order valence-corrected chi connectivity index (χ2v) is 4.46. The van der Waals surface area contributed by atoms with Gasteiger partial charge in [-0.1, -0.05) is 6.07 Å². The molecule has 0 atom stereocenters. The van der Waals surface area contributed by atoms with Crippen LogP contribution in [0.3, 0.4) is 0 Å². The van der Waals surface area contributed by atoms with Crippen LogP contribution in [0.1, 0.15) is 10.4 Å². The van der Waals surface area contributed by atoms with E-state index in [4.69, 9.17) is 0 Å². The molecule has 0 aliphatic heterocycles. The summed E-state index contributed by atoms with van der Waals surface area (Å²) in [5.74, 6) is -0.0812. The van der Waals surface area contributed by atoms with Gasteiger partial charge >= 0.3 is 0 Å². The average molecular weight is 245 g/mol. The first-order valence-electron chi connectivity index (χ1n) is 5.29. The lowest BCUT2D eigenvalue weighted by Gasteiger charge is -1.99. The van der Waals surface area contributed by atoms with E-state index < -0.39 is 0 Å². The lowest BCUT2D eigenvalue weighted by atomic mass is 10.3. The summed E-state index contributed by atoms with van der Waals surface area (Å²) >= 11 is 1.61. The number of hydrogen-bond acceptors (Lipinski definition) is 2. The molecule has 1 amide bonds. The Morgan fingerprint density at radius 1 is 1.41 bits per heavy atom. The summed E-state index contributed by atoms with van der Waals surface area (Å²) in [4.78, 5) is 15.6. The van der Waals surface area contributed by atoms with Gasteiger partial charge < -0.3 is 5.32 Å². The van der Waals surface area contributed by atoms with E-state index in [9.17, 15) is 4.79 Å². The lowest BCUT2D eigenvalue weighted by molar-refractivity contribution is -0.378. The Morgan fingerprint density at radius 3 is 3.06 bits per heavy atom. The molecule has 0 aromatic carbocycles. The molecule has 2 N–H and O–H groups in total. The van der Waals surface area contributed by atoms with E-state index in [0.29, 0.717) is 6.54 Å². The maximum Gasteiger partial charge on any atom is 0.244 e. The zero-order valence-corrected chi connectivity index (χ0v) is 10.0. The van der Waals surface area contributed by atoms with Crippen molar-refractivity contribution in [2.24, 2.45) is 0 Å². The maximum atomic E-state index is 11.5. The molecule has 0 aliphatic carbocycles. The van der Waals surface area contributed by atoms with Crippen LogP contribution in [0.25, 0.3) is 6.08 Å². The molecule has 4 heteroatoms. The molecule has 0 aliphatic rings. The summed E-state index contributed by atoms with van der Waals surface area (Å²) in [7, 11) is 0. The Balaban J connectivity index is 1.82. The Morgan fingerprint density at radius 2 is 2.35 bits per heavy atom. The summed E-state index contributed by atoms with van der Waals surface area (Å²) < 4.78 is 0. The maximum absolute atomic E-state index is 11.5. The number of rotatable bonds is 4. The van der Waals surface area contributed by atoms with E-state index in [2.05, 4.69) is 10.3 Å². The van der Waals surface area contributed by atoms with Crippen molar-refractivity contribution < 1.29 is 9.78 Å². The molecule has 0 radical (unpaired) electrons. The van der Waals surface area contributed by atoms with E-state index in [1.54, 1.807) is 17.4 Å². The number of aromatic nitrogens is 1. The molecular weight excluding hydrogens is 232 g/mol. The van der Waals surface area contributed by atoms with Crippen LogP contribution in [0.4, 0.5) is 0 Å². The Hall–Kier alpha value is -1.94. The van der Waals surface area contributed by atoms with E-state index in [0.717, 1.165) is 10.4 Å². The molecule has 2 aromatic heterocycles. The van der Waals surface area contributed by atoms with Gasteiger partial charge in [0.05, 0.1) is 0 Å². The number of hydrogen-bond donors (Lipinski definition) is 1. The standard InChI is InChI=1S/C13H12N2OS/c16-13(6-5-12-4-2-8-17-12)15-10-11-3-1-7-14-9-11/h1-9H,10H2,(H,15,16)/p+1. The van der Waals surface area contributed by atoms with Gasteiger partial charge in [-0.05, 0) is 23.6 Å². The fourth-order valence-corrected chi connectivity index (χ4v) is 1.95. The van der Waals surface area contributed by atoms with E-state index in [-0.39, 0.29) is 5.91 Å². The third-order valence-corrected chi connectivity index (χ3v) is 3.02. The second kappa shape index (κ2) is 5.96. The third kappa shape index (κ3) is 3.85. The molecule has 2 heterocycles. The highest BCUT2D eigenvalue weighted by atomic mass is 32.1. The molecule has 2 rings (SSSR count). The summed E-state index contributed by atoms with van der Waals surface area (Å²) in [5, 5.41) is 4.80. The van der Waals surface area contributed by atoms with Crippen LogP contribution >= 0.6 is 11.3 Å². The first kappa shape index (κ1) is 11.5. The zero-order chi connectivity index (χ0) is 11.9. The van der Waals surface area contributed by atoms with Gasteiger partial charge in [-0.2, -0.15) is 0 Å². The molecule has 0 bridgehead atoms. The van der Waals surface area contributed by atoms with Crippen molar-refractivity contribution in [3.8, 4) is 0 Å². The Kier molecular flexibility index (Phi) is 4.05. The van der Waals surface area contributed by atoms with Crippen molar-refractivity contribution >= 4 is 23.3 Å². The third-order valence-electron chi connectivity index (χ3n) is 2.18. The average Bonchev–Trinajstić information content (AvgIpc) is 2.88. The van der Waals surface area contributed by atoms with Crippen LogP contribution in [0.5, 0.6) is 0 Å². The van der Waals surface area contributed by atoms with E-state index in [1.165, 1.54) is 0 Å². The highest BCUT2D eigenvalue weighted by molar-refractivity contribution is 7.10. The van der Waals surface area contributed by atoms with Gasteiger partial charge in [0.1, 0.15) is 0 Å². The molecule has 3 nitrogen and oxygen atoms in total. The topological polar surface area (TPSA) is 43.2 Å². The molecule has 0 saturated carbocycles. The van der Waals surface area contributed by atoms with Gasteiger partial charge in [0, 0.05) is 29.1 Å². The highest BCUT2D eigenvalue weighted by Gasteiger charge is 1.98. The van der Waals surface area contributed by atoms with E-state index in [1.807, 2.05) is 48.1 Å². The van der Waals surface area contributed by atoms with E-state index >= 15 is 0 Å². The van der Waals surface area contributed by atoms with Crippen LogP contribution < -0.4 is 10.3 Å². The molecule has 0 spiro atoms. The van der Waals surface area contributed by atoms with Crippen molar-refractivity contribution in [1.82, 2.24) is 5.32 Å². The molecule has 86 valence electrons. The quantitative estimate of drug-likeness (QED) is 0.821. The van der Waals surface area contributed by atoms with Gasteiger partial charge in [0.2, 0.25) is 5.91 Å². The van der Waals surface area contributed by atoms with Crippen LogP contribution in [0, 0.1) is 0 Å². The number of carbonyl (C=O) groups excluding carboxylic acids is 1. The van der Waals surface area contributed by atoms with Gasteiger partial charge in [-0.15, -0.1) is 11.3 Å². The Labute approximate surface area is 104 Å². The van der Waals surface area contributed by atoms with Gasteiger partial charge in [0.15, 0.2) is 12.4 Å².